The molecule has 3 aromatic rings. The molecule has 4 rings (SSSR count). The molecule has 1 aliphatic rings. The summed E-state index contributed by atoms with van der Waals surface area (Å²) in [5.74, 6) is -4.24. The third kappa shape index (κ3) is 3.05. The van der Waals surface area contributed by atoms with Crippen LogP contribution in [-0.2, 0) is 6.61 Å². The van der Waals surface area contributed by atoms with E-state index in [2.05, 4.69) is 0 Å². The zero-order valence-electron chi connectivity index (χ0n) is 14.1. The van der Waals surface area contributed by atoms with Crippen molar-refractivity contribution >= 4 is 16.9 Å². The van der Waals surface area contributed by atoms with E-state index in [1.165, 1.54) is 10.8 Å². The molecule has 2 aromatic carbocycles. The van der Waals surface area contributed by atoms with Crippen LogP contribution in [0.3, 0.4) is 0 Å². The molecule has 0 unspecified atom stereocenters. The predicted molar refractivity (Wildman–Crippen MR) is 94.1 cm³/mol. The first kappa shape index (κ1) is 17.2. The van der Waals surface area contributed by atoms with Gasteiger partial charge in [0, 0.05) is 12.2 Å². The standard InChI is InChI=1S/C20H15F2NO4/c21-15-8-13-17(19(16(15)22)27-10-11-4-2-1-3-5-11)23(12-6-7-12)9-14(18(13)24)20(25)26/h1-5,8-9,12H,6-7,10H2,(H,25,26). The van der Waals surface area contributed by atoms with Gasteiger partial charge < -0.3 is 14.4 Å². The second-order valence-electron chi connectivity index (χ2n) is 6.49. The number of halogens is 2. The number of nitrogens with zero attached hydrogens (tertiary/aromatic N) is 1. The largest absolute Gasteiger partial charge is 0.483 e. The number of aromatic carboxylic acids is 1. The molecular weight excluding hydrogens is 356 g/mol. The molecule has 1 N–H and O–H groups in total. The van der Waals surface area contributed by atoms with Gasteiger partial charge in [0.2, 0.25) is 11.2 Å². The number of carboxylic acid groups (broad SMARTS) is 1. The van der Waals surface area contributed by atoms with Crippen LogP contribution in [0.4, 0.5) is 8.78 Å². The molecule has 1 fully saturated rings. The van der Waals surface area contributed by atoms with Crippen molar-refractivity contribution in [3.05, 3.63) is 75.6 Å². The highest BCUT2D eigenvalue weighted by Crippen LogP contribution is 2.40. The third-order valence-corrected chi connectivity index (χ3v) is 4.56. The van der Waals surface area contributed by atoms with E-state index in [0.29, 0.717) is 0 Å². The zero-order valence-corrected chi connectivity index (χ0v) is 14.1. The van der Waals surface area contributed by atoms with Gasteiger partial charge in [-0.05, 0) is 24.5 Å². The van der Waals surface area contributed by atoms with Gasteiger partial charge in [0.05, 0.1) is 10.9 Å². The van der Waals surface area contributed by atoms with Crippen LogP contribution in [0.5, 0.6) is 5.75 Å². The van der Waals surface area contributed by atoms with Gasteiger partial charge in [-0.1, -0.05) is 30.3 Å². The molecule has 0 bridgehead atoms. The second kappa shape index (κ2) is 6.50. The minimum absolute atomic E-state index is 0.0180. The van der Waals surface area contributed by atoms with E-state index in [4.69, 9.17) is 4.74 Å². The molecule has 0 saturated heterocycles. The van der Waals surface area contributed by atoms with E-state index in [-0.39, 0.29) is 29.3 Å². The molecule has 0 atom stereocenters. The fraction of sp³-hybridized carbons (Fsp3) is 0.200. The molecule has 5 nitrogen and oxygen atoms in total. The number of pyridine rings is 1. The average Bonchev–Trinajstić information content (AvgIpc) is 3.49. The van der Waals surface area contributed by atoms with E-state index in [0.717, 1.165) is 24.5 Å². The van der Waals surface area contributed by atoms with Crippen molar-refractivity contribution in [1.82, 2.24) is 4.57 Å². The number of hydrogen-bond donors (Lipinski definition) is 1. The summed E-state index contributed by atoms with van der Waals surface area (Å²) in [7, 11) is 0. The Morgan fingerprint density at radius 3 is 2.56 bits per heavy atom. The van der Waals surface area contributed by atoms with Gasteiger partial charge in [-0.25, -0.2) is 9.18 Å². The minimum Gasteiger partial charge on any atom is -0.483 e. The Bertz CT molecular complexity index is 1100. The van der Waals surface area contributed by atoms with E-state index >= 15 is 0 Å². The molecule has 138 valence electrons. The second-order valence-corrected chi connectivity index (χ2v) is 6.49. The first-order valence-electron chi connectivity index (χ1n) is 8.44. The van der Waals surface area contributed by atoms with Crippen molar-refractivity contribution in [3.63, 3.8) is 0 Å². The van der Waals surface area contributed by atoms with Crippen molar-refractivity contribution in [2.75, 3.05) is 0 Å². The summed E-state index contributed by atoms with van der Waals surface area (Å²) >= 11 is 0. The number of aromatic nitrogens is 1. The highest BCUT2D eigenvalue weighted by molar-refractivity contribution is 5.94. The van der Waals surface area contributed by atoms with Crippen molar-refractivity contribution in [2.45, 2.75) is 25.5 Å². The van der Waals surface area contributed by atoms with E-state index < -0.39 is 28.6 Å². The van der Waals surface area contributed by atoms with Crippen molar-refractivity contribution in [2.24, 2.45) is 0 Å². The molecule has 1 saturated carbocycles. The van der Waals surface area contributed by atoms with E-state index in [9.17, 15) is 23.5 Å². The maximum atomic E-state index is 14.6. The number of hydrogen-bond acceptors (Lipinski definition) is 3. The van der Waals surface area contributed by atoms with Crippen LogP contribution in [0.2, 0.25) is 0 Å². The van der Waals surface area contributed by atoms with Crippen LogP contribution < -0.4 is 10.2 Å². The molecule has 7 heteroatoms. The summed E-state index contributed by atoms with van der Waals surface area (Å²) in [6.07, 6.45) is 2.71. The van der Waals surface area contributed by atoms with Gasteiger partial charge in [-0.2, -0.15) is 4.39 Å². The summed E-state index contributed by atoms with van der Waals surface area (Å²) in [4.78, 5) is 23.9. The Labute approximate surface area is 152 Å². The van der Waals surface area contributed by atoms with Crippen molar-refractivity contribution in [1.29, 1.82) is 0 Å². The number of carbonyl (C=O) groups is 1. The molecule has 0 amide bonds. The Morgan fingerprint density at radius 2 is 1.93 bits per heavy atom. The predicted octanol–water partition coefficient (Wildman–Crippen LogP) is 3.89. The fourth-order valence-electron chi connectivity index (χ4n) is 3.08. The van der Waals surface area contributed by atoms with Crippen LogP contribution in [-0.4, -0.2) is 15.6 Å². The molecule has 27 heavy (non-hydrogen) atoms. The lowest BCUT2D eigenvalue weighted by atomic mass is 10.1. The van der Waals surface area contributed by atoms with E-state index in [1.807, 2.05) is 6.07 Å². The molecular formula is C20H15F2NO4. The Balaban J connectivity index is 1.94. The summed E-state index contributed by atoms with van der Waals surface area (Å²) < 4.78 is 35.8. The maximum Gasteiger partial charge on any atom is 0.341 e. The highest BCUT2D eigenvalue weighted by atomic mass is 19.2. The SMILES string of the molecule is O=C(O)c1cn(C2CC2)c2c(OCc3ccccc3)c(F)c(F)cc2c1=O. The monoisotopic (exact) mass is 371 g/mol. The molecule has 0 spiro atoms. The van der Waals surface area contributed by atoms with Gasteiger partial charge in [0.15, 0.2) is 11.6 Å². The lowest BCUT2D eigenvalue weighted by Gasteiger charge is -2.17. The summed E-state index contributed by atoms with van der Waals surface area (Å²) in [6.45, 7) is -0.0180. The van der Waals surface area contributed by atoms with Gasteiger partial charge in [0.25, 0.3) is 0 Å². The molecule has 0 radical (unpaired) electrons. The zero-order chi connectivity index (χ0) is 19.1. The number of carboxylic acids is 1. The number of rotatable bonds is 5. The first-order valence-corrected chi connectivity index (χ1v) is 8.44. The normalized spacial score (nSPS) is 13.7. The quantitative estimate of drug-likeness (QED) is 0.739. The lowest BCUT2D eigenvalue weighted by Crippen LogP contribution is -2.20. The van der Waals surface area contributed by atoms with Crippen LogP contribution in [0.25, 0.3) is 10.9 Å². The van der Waals surface area contributed by atoms with Crippen molar-refractivity contribution in [3.8, 4) is 5.75 Å². The minimum atomic E-state index is -1.41. The number of ether oxygens (including phenoxy) is 1. The average molecular weight is 371 g/mol. The Morgan fingerprint density at radius 1 is 1.22 bits per heavy atom. The van der Waals surface area contributed by atoms with Gasteiger partial charge in [-0.15, -0.1) is 0 Å². The molecule has 1 aromatic heterocycles. The molecule has 1 aliphatic carbocycles. The van der Waals surface area contributed by atoms with Gasteiger partial charge in [-0.3, -0.25) is 4.79 Å². The third-order valence-electron chi connectivity index (χ3n) is 4.56. The van der Waals surface area contributed by atoms with Crippen LogP contribution in [0.1, 0.15) is 34.8 Å². The van der Waals surface area contributed by atoms with Crippen LogP contribution in [0.15, 0.2) is 47.4 Å². The van der Waals surface area contributed by atoms with Crippen LogP contribution >= 0.6 is 0 Å². The molecule has 0 aliphatic heterocycles. The first-order chi connectivity index (χ1) is 13.0. The van der Waals surface area contributed by atoms with Gasteiger partial charge >= 0.3 is 5.97 Å². The fourth-order valence-corrected chi connectivity index (χ4v) is 3.08. The highest BCUT2D eigenvalue weighted by Gasteiger charge is 2.30. The lowest BCUT2D eigenvalue weighted by molar-refractivity contribution is 0.0695. The Hall–Kier alpha value is -3.22. The number of benzene rings is 2. The summed E-state index contributed by atoms with van der Waals surface area (Å²) in [5.41, 5.74) is -0.508. The Kier molecular flexibility index (Phi) is 4.14. The topological polar surface area (TPSA) is 68.5 Å². The molecule has 1 heterocycles. The summed E-state index contributed by atoms with van der Waals surface area (Å²) in [5, 5.41) is 9.08. The van der Waals surface area contributed by atoms with Gasteiger partial charge in [0.1, 0.15) is 12.2 Å². The van der Waals surface area contributed by atoms with E-state index in [1.54, 1.807) is 24.3 Å². The summed E-state index contributed by atoms with van der Waals surface area (Å²) in [6, 6.07) is 9.62. The smallest absolute Gasteiger partial charge is 0.341 e. The maximum absolute atomic E-state index is 14.6. The van der Waals surface area contributed by atoms with Crippen molar-refractivity contribution < 1.29 is 23.4 Å². The number of fused-ring (bicyclic) bond motifs is 1. The van der Waals surface area contributed by atoms with Crippen LogP contribution in [0, 0.1) is 11.6 Å².